The first-order valence-corrected chi connectivity index (χ1v) is 8.15. The zero-order chi connectivity index (χ0) is 13.5. The van der Waals surface area contributed by atoms with Crippen molar-refractivity contribution in [2.45, 2.75) is 19.5 Å². The third-order valence-electron chi connectivity index (χ3n) is 2.99. The van der Waals surface area contributed by atoms with Crippen LogP contribution in [-0.2, 0) is 13.1 Å². The molecule has 102 valence electrons. The topological polar surface area (TPSA) is 29.3 Å². The molecule has 1 heterocycles. The summed E-state index contributed by atoms with van der Waals surface area (Å²) < 4.78 is 1.21. The van der Waals surface area contributed by atoms with Crippen molar-refractivity contribution in [1.82, 2.24) is 4.90 Å². The highest BCUT2D eigenvalue weighted by molar-refractivity contribution is 9.10. The van der Waals surface area contributed by atoms with Gasteiger partial charge in [-0.05, 0) is 45.9 Å². The van der Waals surface area contributed by atoms with Crippen LogP contribution in [0.15, 0.2) is 46.3 Å². The summed E-state index contributed by atoms with van der Waals surface area (Å²) in [6, 6.07) is 12.7. The van der Waals surface area contributed by atoms with Crippen LogP contribution >= 0.6 is 27.3 Å². The number of rotatable bonds is 7. The fourth-order valence-corrected chi connectivity index (χ4v) is 3.53. The van der Waals surface area contributed by atoms with Crippen molar-refractivity contribution in [1.29, 1.82) is 0 Å². The minimum atomic E-state index is 0.747. The van der Waals surface area contributed by atoms with Gasteiger partial charge in [0.2, 0.25) is 0 Å². The summed E-state index contributed by atoms with van der Waals surface area (Å²) in [5, 5.41) is 2.13. The molecule has 1 aromatic heterocycles. The molecule has 0 bridgehead atoms. The zero-order valence-electron chi connectivity index (χ0n) is 10.9. The quantitative estimate of drug-likeness (QED) is 0.830. The van der Waals surface area contributed by atoms with Crippen molar-refractivity contribution in [3.8, 4) is 0 Å². The Morgan fingerprint density at radius 1 is 1.11 bits per heavy atom. The van der Waals surface area contributed by atoms with Crippen LogP contribution in [0.25, 0.3) is 0 Å². The molecule has 0 radical (unpaired) electrons. The van der Waals surface area contributed by atoms with Crippen molar-refractivity contribution in [3.05, 3.63) is 56.7 Å². The Balaban J connectivity index is 2.01. The SMILES string of the molecule is NCCCN(Cc1ccccc1)Cc1sccc1Br. The summed E-state index contributed by atoms with van der Waals surface area (Å²) in [4.78, 5) is 3.84. The van der Waals surface area contributed by atoms with E-state index in [9.17, 15) is 0 Å². The minimum Gasteiger partial charge on any atom is -0.330 e. The third-order valence-corrected chi connectivity index (χ3v) is 4.90. The first kappa shape index (κ1) is 14.7. The van der Waals surface area contributed by atoms with E-state index < -0.39 is 0 Å². The smallest absolute Gasteiger partial charge is 0.0342 e. The molecule has 4 heteroatoms. The lowest BCUT2D eigenvalue weighted by atomic mass is 10.2. The highest BCUT2D eigenvalue weighted by Crippen LogP contribution is 2.24. The van der Waals surface area contributed by atoms with E-state index in [-0.39, 0.29) is 0 Å². The Kier molecular flexibility index (Phi) is 6.04. The van der Waals surface area contributed by atoms with E-state index in [4.69, 9.17) is 5.73 Å². The van der Waals surface area contributed by atoms with Crippen LogP contribution in [0.3, 0.4) is 0 Å². The predicted molar refractivity (Wildman–Crippen MR) is 86.2 cm³/mol. The molecule has 0 atom stereocenters. The van der Waals surface area contributed by atoms with Crippen LogP contribution in [0.1, 0.15) is 16.9 Å². The number of nitrogens with two attached hydrogens (primary N) is 1. The van der Waals surface area contributed by atoms with E-state index in [2.05, 4.69) is 62.6 Å². The molecule has 2 aromatic rings. The Morgan fingerprint density at radius 2 is 1.89 bits per heavy atom. The first-order valence-electron chi connectivity index (χ1n) is 6.48. The molecule has 0 aliphatic heterocycles. The zero-order valence-corrected chi connectivity index (χ0v) is 13.3. The second-order valence-corrected chi connectivity index (χ2v) is 6.39. The van der Waals surface area contributed by atoms with Gasteiger partial charge < -0.3 is 5.73 Å². The number of halogens is 1. The van der Waals surface area contributed by atoms with Crippen LogP contribution in [-0.4, -0.2) is 18.0 Å². The van der Waals surface area contributed by atoms with Crippen LogP contribution in [0.5, 0.6) is 0 Å². The predicted octanol–water partition coefficient (Wildman–Crippen LogP) is 3.86. The molecule has 0 aliphatic carbocycles. The molecule has 0 fully saturated rings. The molecule has 2 nitrogen and oxygen atoms in total. The standard InChI is InChI=1S/C15H19BrN2S/c16-14-7-10-19-15(14)12-18(9-4-8-17)11-13-5-2-1-3-6-13/h1-3,5-7,10H,4,8-9,11-12,17H2. The maximum absolute atomic E-state index is 5.64. The molecule has 0 amide bonds. The van der Waals surface area contributed by atoms with Gasteiger partial charge in [0.05, 0.1) is 0 Å². The van der Waals surface area contributed by atoms with Gasteiger partial charge >= 0.3 is 0 Å². The molecule has 0 spiro atoms. The van der Waals surface area contributed by atoms with Crippen molar-refractivity contribution in [2.75, 3.05) is 13.1 Å². The van der Waals surface area contributed by atoms with E-state index in [1.807, 2.05) is 0 Å². The summed E-state index contributed by atoms with van der Waals surface area (Å²) in [6.45, 7) is 3.74. The number of nitrogens with zero attached hydrogens (tertiary/aromatic N) is 1. The second-order valence-electron chi connectivity index (χ2n) is 4.53. The van der Waals surface area contributed by atoms with E-state index in [1.165, 1.54) is 14.9 Å². The molecular weight excluding hydrogens is 320 g/mol. The number of thiophene rings is 1. The molecule has 0 saturated heterocycles. The Morgan fingerprint density at radius 3 is 2.53 bits per heavy atom. The molecule has 1 aromatic carbocycles. The third kappa shape index (κ3) is 4.73. The van der Waals surface area contributed by atoms with Gasteiger partial charge in [-0.2, -0.15) is 0 Å². The van der Waals surface area contributed by atoms with Gasteiger partial charge in [0.25, 0.3) is 0 Å². The van der Waals surface area contributed by atoms with E-state index in [0.29, 0.717) is 0 Å². The molecule has 19 heavy (non-hydrogen) atoms. The van der Waals surface area contributed by atoms with Crippen molar-refractivity contribution < 1.29 is 0 Å². The lowest BCUT2D eigenvalue weighted by molar-refractivity contribution is 0.257. The minimum absolute atomic E-state index is 0.747. The van der Waals surface area contributed by atoms with E-state index in [0.717, 1.165) is 32.6 Å². The summed E-state index contributed by atoms with van der Waals surface area (Å²) in [6.07, 6.45) is 1.04. The number of benzene rings is 1. The normalized spacial score (nSPS) is 11.1. The fraction of sp³-hybridized carbons (Fsp3) is 0.333. The van der Waals surface area contributed by atoms with Gasteiger partial charge in [0.15, 0.2) is 0 Å². The lowest BCUT2D eigenvalue weighted by Crippen LogP contribution is -2.25. The fourth-order valence-electron chi connectivity index (χ4n) is 2.01. The molecule has 2 N–H and O–H groups in total. The molecule has 0 saturated carbocycles. The maximum Gasteiger partial charge on any atom is 0.0342 e. The Labute approximate surface area is 127 Å². The molecule has 0 aliphatic rings. The Bertz CT molecular complexity index is 484. The summed E-state index contributed by atoms with van der Waals surface area (Å²) in [5.41, 5.74) is 6.99. The largest absolute Gasteiger partial charge is 0.330 e. The summed E-state index contributed by atoms with van der Waals surface area (Å²) in [5.74, 6) is 0. The van der Waals surface area contributed by atoms with Crippen molar-refractivity contribution >= 4 is 27.3 Å². The highest BCUT2D eigenvalue weighted by atomic mass is 79.9. The lowest BCUT2D eigenvalue weighted by Gasteiger charge is -2.21. The first-order chi connectivity index (χ1) is 9.29. The second kappa shape index (κ2) is 7.80. The highest BCUT2D eigenvalue weighted by Gasteiger charge is 2.09. The van der Waals surface area contributed by atoms with Crippen LogP contribution in [0.2, 0.25) is 0 Å². The van der Waals surface area contributed by atoms with Gasteiger partial charge in [0, 0.05) is 29.0 Å². The summed E-state index contributed by atoms with van der Waals surface area (Å²) >= 11 is 5.41. The monoisotopic (exact) mass is 338 g/mol. The maximum atomic E-state index is 5.64. The van der Waals surface area contributed by atoms with Crippen molar-refractivity contribution in [2.24, 2.45) is 5.73 Å². The molecular formula is C15H19BrN2S. The van der Waals surface area contributed by atoms with E-state index in [1.54, 1.807) is 11.3 Å². The molecule has 0 unspecified atom stereocenters. The average molecular weight is 339 g/mol. The van der Waals surface area contributed by atoms with Crippen LogP contribution in [0.4, 0.5) is 0 Å². The van der Waals surface area contributed by atoms with E-state index >= 15 is 0 Å². The van der Waals surface area contributed by atoms with Gasteiger partial charge in [-0.25, -0.2) is 0 Å². The van der Waals surface area contributed by atoms with Gasteiger partial charge in [0.1, 0.15) is 0 Å². The van der Waals surface area contributed by atoms with Crippen LogP contribution in [0, 0.1) is 0 Å². The van der Waals surface area contributed by atoms with Gasteiger partial charge in [-0.3, -0.25) is 4.90 Å². The summed E-state index contributed by atoms with van der Waals surface area (Å²) in [7, 11) is 0. The van der Waals surface area contributed by atoms with Gasteiger partial charge in [-0.1, -0.05) is 30.3 Å². The Hall–Kier alpha value is -0.680. The molecule has 2 rings (SSSR count). The van der Waals surface area contributed by atoms with Crippen LogP contribution < -0.4 is 5.73 Å². The average Bonchev–Trinajstić information content (AvgIpc) is 2.83. The number of hydrogen-bond acceptors (Lipinski definition) is 3. The van der Waals surface area contributed by atoms with Gasteiger partial charge in [-0.15, -0.1) is 11.3 Å². The van der Waals surface area contributed by atoms with Crippen molar-refractivity contribution in [3.63, 3.8) is 0 Å². The number of hydrogen-bond donors (Lipinski definition) is 1.